The first-order valence-electron chi connectivity index (χ1n) is 6.94. The van der Waals surface area contributed by atoms with Gasteiger partial charge in [0.25, 0.3) is 0 Å². The summed E-state index contributed by atoms with van der Waals surface area (Å²) in [6.45, 7) is 0. The number of ether oxygens (including phenoxy) is 1. The molecule has 4 unspecified atom stereocenters. The number of nitrogens with one attached hydrogen (secondary N) is 1. The molecule has 0 spiro atoms. The van der Waals surface area contributed by atoms with E-state index < -0.39 is 0 Å². The fourth-order valence-electron chi connectivity index (χ4n) is 3.51. The molecule has 2 aliphatic heterocycles. The van der Waals surface area contributed by atoms with Gasteiger partial charge in [-0.25, -0.2) is 4.39 Å². The van der Waals surface area contributed by atoms with Crippen LogP contribution >= 0.6 is 11.6 Å². The fourth-order valence-corrected chi connectivity index (χ4v) is 3.71. The summed E-state index contributed by atoms with van der Waals surface area (Å²) in [4.78, 5) is 0. The molecule has 2 heterocycles. The van der Waals surface area contributed by atoms with Gasteiger partial charge in [-0.15, -0.1) is 0 Å². The molecule has 2 nitrogen and oxygen atoms in total. The van der Waals surface area contributed by atoms with E-state index in [1.54, 1.807) is 6.07 Å². The lowest BCUT2D eigenvalue weighted by Gasteiger charge is -2.28. The average molecular weight is 284 g/mol. The van der Waals surface area contributed by atoms with Gasteiger partial charge in [-0.05, 0) is 44.4 Å². The minimum absolute atomic E-state index is 0.256. The van der Waals surface area contributed by atoms with Gasteiger partial charge in [0.1, 0.15) is 5.82 Å². The Morgan fingerprint density at radius 1 is 1.47 bits per heavy atom. The second kappa shape index (κ2) is 5.39. The van der Waals surface area contributed by atoms with E-state index in [1.165, 1.54) is 12.5 Å². The molecule has 1 aromatic rings. The molecule has 4 heteroatoms. The maximum Gasteiger partial charge on any atom is 0.142 e. The number of likely N-dealkylation sites (N-methyl/N-ethyl adjacent to an activating group) is 1. The van der Waals surface area contributed by atoms with Crippen LogP contribution in [-0.4, -0.2) is 25.3 Å². The summed E-state index contributed by atoms with van der Waals surface area (Å²) in [6, 6.07) is 5.33. The molecule has 1 N–H and O–H groups in total. The highest BCUT2D eigenvalue weighted by Gasteiger charge is 2.43. The van der Waals surface area contributed by atoms with Crippen LogP contribution in [0.2, 0.25) is 5.02 Å². The summed E-state index contributed by atoms with van der Waals surface area (Å²) in [6.07, 6.45) is 5.03. The zero-order chi connectivity index (χ0) is 13.4. The van der Waals surface area contributed by atoms with Crippen LogP contribution in [-0.2, 0) is 11.2 Å². The van der Waals surface area contributed by atoms with E-state index >= 15 is 0 Å². The summed E-state index contributed by atoms with van der Waals surface area (Å²) < 4.78 is 19.4. The average Bonchev–Trinajstić information content (AvgIpc) is 3.03. The maximum absolute atomic E-state index is 13.5. The lowest BCUT2D eigenvalue weighted by atomic mass is 9.81. The van der Waals surface area contributed by atoms with Gasteiger partial charge in [-0.1, -0.05) is 23.7 Å². The van der Waals surface area contributed by atoms with Crippen molar-refractivity contribution in [2.45, 2.75) is 43.9 Å². The van der Waals surface area contributed by atoms with Crippen LogP contribution in [0.25, 0.3) is 0 Å². The third-order valence-electron chi connectivity index (χ3n) is 4.51. The van der Waals surface area contributed by atoms with Crippen LogP contribution in [0.1, 0.15) is 24.8 Å². The van der Waals surface area contributed by atoms with E-state index in [9.17, 15) is 4.39 Å². The SMILES string of the molecule is CNC(Cc1cccc(F)c1Cl)C1CC2CCC1O2. The Kier molecular flexibility index (Phi) is 3.79. The first-order valence-corrected chi connectivity index (χ1v) is 7.32. The highest BCUT2D eigenvalue weighted by Crippen LogP contribution is 2.41. The fraction of sp³-hybridized carbons (Fsp3) is 0.600. The summed E-state index contributed by atoms with van der Waals surface area (Å²) in [5.41, 5.74) is 0.879. The van der Waals surface area contributed by atoms with Crippen LogP contribution in [0.4, 0.5) is 4.39 Å². The minimum atomic E-state index is -0.335. The van der Waals surface area contributed by atoms with Gasteiger partial charge in [0, 0.05) is 12.0 Å². The second-order valence-electron chi connectivity index (χ2n) is 5.59. The molecule has 2 bridgehead atoms. The Bertz CT molecular complexity index is 467. The third-order valence-corrected chi connectivity index (χ3v) is 4.94. The van der Waals surface area contributed by atoms with Crippen LogP contribution < -0.4 is 5.32 Å². The van der Waals surface area contributed by atoms with Crippen LogP contribution in [0.3, 0.4) is 0 Å². The highest BCUT2D eigenvalue weighted by molar-refractivity contribution is 6.31. The van der Waals surface area contributed by atoms with Crippen molar-refractivity contribution in [3.05, 3.63) is 34.6 Å². The number of hydrogen-bond donors (Lipinski definition) is 1. The monoisotopic (exact) mass is 283 g/mol. The predicted molar refractivity (Wildman–Crippen MR) is 74.0 cm³/mol. The molecule has 3 rings (SSSR count). The maximum atomic E-state index is 13.5. The van der Waals surface area contributed by atoms with Gasteiger partial charge in [-0.2, -0.15) is 0 Å². The standard InChI is InChI=1S/C15H19ClFNO/c1-18-13(11-8-10-5-6-14(11)19-10)7-9-3-2-4-12(17)15(9)16/h2-4,10-11,13-14,18H,5-8H2,1H3. The lowest BCUT2D eigenvalue weighted by molar-refractivity contribution is 0.0863. The highest BCUT2D eigenvalue weighted by atomic mass is 35.5. The zero-order valence-corrected chi connectivity index (χ0v) is 11.8. The largest absolute Gasteiger partial charge is 0.375 e. The minimum Gasteiger partial charge on any atom is -0.375 e. The van der Waals surface area contributed by atoms with E-state index in [4.69, 9.17) is 16.3 Å². The molecule has 4 atom stereocenters. The summed E-state index contributed by atoms with van der Waals surface area (Å²) in [5, 5.41) is 3.62. The molecule has 0 saturated carbocycles. The van der Waals surface area contributed by atoms with Gasteiger partial charge in [0.15, 0.2) is 0 Å². The van der Waals surface area contributed by atoms with Crippen molar-refractivity contribution in [2.75, 3.05) is 7.05 Å². The Hall–Kier alpha value is -0.640. The van der Waals surface area contributed by atoms with Gasteiger partial charge < -0.3 is 10.1 Å². The van der Waals surface area contributed by atoms with Crippen molar-refractivity contribution in [1.29, 1.82) is 0 Å². The van der Waals surface area contributed by atoms with Gasteiger partial charge in [0.2, 0.25) is 0 Å². The van der Waals surface area contributed by atoms with Crippen LogP contribution in [0, 0.1) is 11.7 Å². The normalized spacial score (nSPS) is 30.8. The summed E-state index contributed by atoms with van der Waals surface area (Å²) in [7, 11) is 1.96. The second-order valence-corrected chi connectivity index (χ2v) is 5.96. The van der Waals surface area contributed by atoms with E-state index in [1.807, 2.05) is 13.1 Å². The van der Waals surface area contributed by atoms with Crippen molar-refractivity contribution >= 4 is 11.6 Å². The molecule has 2 fully saturated rings. The topological polar surface area (TPSA) is 21.3 Å². The molecule has 0 amide bonds. The number of fused-ring (bicyclic) bond motifs is 2. The molecule has 2 saturated heterocycles. The van der Waals surface area contributed by atoms with Crippen molar-refractivity contribution in [3.8, 4) is 0 Å². The first-order chi connectivity index (χ1) is 9.19. The van der Waals surface area contributed by atoms with Crippen LogP contribution in [0.5, 0.6) is 0 Å². The van der Waals surface area contributed by atoms with Gasteiger partial charge in [0.05, 0.1) is 17.2 Å². The van der Waals surface area contributed by atoms with E-state index in [-0.39, 0.29) is 10.8 Å². The summed E-state index contributed by atoms with van der Waals surface area (Å²) in [5.74, 6) is 0.182. The molecule has 0 radical (unpaired) electrons. The third kappa shape index (κ3) is 2.51. The molecule has 1 aromatic carbocycles. The van der Waals surface area contributed by atoms with Crippen LogP contribution in [0.15, 0.2) is 18.2 Å². The lowest BCUT2D eigenvalue weighted by Crippen LogP contribution is -2.40. The summed E-state index contributed by atoms with van der Waals surface area (Å²) >= 11 is 6.05. The number of rotatable bonds is 4. The molecule has 0 aliphatic carbocycles. The van der Waals surface area contributed by atoms with E-state index in [0.29, 0.717) is 24.2 Å². The Morgan fingerprint density at radius 3 is 2.95 bits per heavy atom. The zero-order valence-electron chi connectivity index (χ0n) is 11.0. The molecule has 19 heavy (non-hydrogen) atoms. The van der Waals surface area contributed by atoms with Gasteiger partial charge in [-0.3, -0.25) is 0 Å². The van der Waals surface area contributed by atoms with Crippen molar-refractivity contribution in [3.63, 3.8) is 0 Å². The predicted octanol–water partition coefficient (Wildman–Crippen LogP) is 3.18. The number of benzene rings is 1. The Labute approximate surface area is 118 Å². The molecular weight excluding hydrogens is 265 g/mol. The molecule has 0 aromatic heterocycles. The Balaban J connectivity index is 1.75. The van der Waals surface area contributed by atoms with Crippen molar-refractivity contribution in [2.24, 2.45) is 5.92 Å². The quantitative estimate of drug-likeness (QED) is 0.916. The first kappa shape index (κ1) is 13.3. The molecular formula is C15H19ClFNO. The number of hydrogen-bond acceptors (Lipinski definition) is 2. The van der Waals surface area contributed by atoms with Gasteiger partial charge >= 0.3 is 0 Å². The number of halogens is 2. The molecule has 104 valence electrons. The van der Waals surface area contributed by atoms with Crippen molar-refractivity contribution < 1.29 is 9.13 Å². The smallest absolute Gasteiger partial charge is 0.142 e. The molecule has 2 aliphatic rings. The van der Waals surface area contributed by atoms with Crippen molar-refractivity contribution in [1.82, 2.24) is 5.32 Å². The Morgan fingerprint density at radius 2 is 2.32 bits per heavy atom. The van der Waals surface area contributed by atoms with E-state index in [2.05, 4.69) is 5.32 Å². The van der Waals surface area contributed by atoms with E-state index in [0.717, 1.165) is 24.8 Å².